The molecule has 1 heterocycles. The highest BCUT2D eigenvalue weighted by Crippen LogP contribution is 2.33. The highest BCUT2D eigenvalue weighted by atomic mass is 79.9. The van der Waals surface area contributed by atoms with E-state index < -0.39 is 10.0 Å². The summed E-state index contributed by atoms with van der Waals surface area (Å²) < 4.78 is 32.0. The van der Waals surface area contributed by atoms with Gasteiger partial charge in [0.05, 0.1) is 15.7 Å². The van der Waals surface area contributed by atoms with Crippen molar-refractivity contribution in [2.24, 2.45) is 0 Å². The zero-order valence-electron chi connectivity index (χ0n) is 9.45. The van der Waals surface area contributed by atoms with E-state index in [4.69, 9.17) is 27.6 Å². The molecule has 1 aromatic heterocycles. The second-order valence-electron chi connectivity index (χ2n) is 3.60. The topological polar surface area (TPSA) is 72.2 Å². The molecule has 0 bridgehead atoms. The fraction of sp³-hybridized carbons (Fsp3) is 0.100. The van der Waals surface area contributed by atoms with Crippen molar-refractivity contribution in [1.82, 2.24) is 4.98 Å². The second-order valence-corrected chi connectivity index (χ2v) is 6.95. The molecule has 0 amide bonds. The molecule has 5 nitrogen and oxygen atoms in total. The molecule has 19 heavy (non-hydrogen) atoms. The summed E-state index contributed by atoms with van der Waals surface area (Å²) in [7, 11) is -3.97. The van der Waals surface area contributed by atoms with Crippen LogP contribution in [0.2, 0.25) is 10.0 Å². The van der Waals surface area contributed by atoms with E-state index in [0.717, 1.165) is 0 Å². The lowest BCUT2D eigenvalue weighted by Crippen LogP contribution is -2.14. The van der Waals surface area contributed by atoms with Crippen LogP contribution < -0.4 is 4.72 Å². The average molecular weight is 386 g/mol. The number of rotatable bonds is 3. The van der Waals surface area contributed by atoms with Gasteiger partial charge in [-0.3, -0.25) is 0 Å². The van der Waals surface area contributed by atoms with Crippen LogP contribution in [0, 0.1) is 6.92 Å². The molecule has 0 radical (unpaired) electrons. The Morgan fingerprint density at radius 2 is 1.89 bits per heavy atom. The summed E-state index contributed by atoms with van der Waals surface area (Å²) in [5.74, 6) is 0. The van der Waals surface area contributed by atoms with Crippen molar-refractivity contribution in [3.8, 4) is 0 Å². The molecule has 2 aromatic rings. The Hall–Kier alpha value is -0.760. The maximum absolute atomic E-state index is 12.2. The summed E-state index contributed by atoms with van der Waals surface area (Å²) in [6.07, 6.45) is 1.32. The number of nitrogens with one attached hydrogen (secondary N) is 1. The SMILES string of the molecule is Cc1coc(NS(=O)(=O)c2c(Cl)cc(Br)cc2Cl)n1. The first-order valence-corrected chi connectivity index (χ1v) is 7.92. The number of hydrogen-bond acceptors (Lipinski definition) is 4. The van der Waals surface area contributed by atoms with Crippen LogP contribution >= 0.6 is 39.1 Å². The molecule has 0 fully saturated rings. The van der Waals surface area contributed by atoms with Crippen molar-refractivity contribution in [2.45, 2.75) is 11.8 Å². The summed E-state index contributed by atoms with van der Waals surface area (Å²) in [4.78, 5) is 3.62. The minimum atomic E-state index is -3.97. The number of benzene rings is 1. The van der Waals surface area contributed by atoms with Gasteiger partial charge in [-0.15, -0.1) is 0 Å². The normalized spacial score (nSPS) is 11.6. The standard InChI is InChI=1S/C10H7BrCl2N2O3S/c1-5-4-18-10(14-5)15-19(16,17)9-7(12)2-6(11)3-8(9)13/h2-4H,1H3,(H,14,15). The van der Waals surface area contributed by atoms with Crippen LogP contribution in [0.25, 0.3) is 0 Å². The molecule has 0 saturated carbocycles. The van der Waals surface area contributed by atoms with E-state index in [2.05, 4.69) is 25.6 Å². The number of anilines is 1. The summed E-state index contributed by atoms with van der Waals surface area (Å²) in [5, 5.41) is -0.00898. The number of nitrogens with zero attached hydrogens (tertiary/aromatic N) is 1. The molecular formula is C10H7BrCl2N2O3S. The number of aryl methyl sites for hydroxylation is 1. The van der Waals surface area contributed by atoms with Crippen LogP contribution in [-0.2, 0) is 10.0 Å². The van der Waals surface area contributed by atoms with Crippen LogP contribution in [-0.4, -0.2) is 13.4 Å². The minimum absolute atomic E-state index is 0.00449. The van der Waals surface area contributed by atoms with E-state index in [9.17, 15) is 8.42 Å². The van der Waals surface area contributed by atoms with Crippen LogP contribution in [0.5, 0.6) is 0 Å². The van der Waals surface area contributed by atoms with Crippen molar-refractivity contribution >= 4 is 55.2 Å². The van der Waals surface area contributed by atoms with Crippen molar-refractivity contribution < 1.29 is 12.8 Å². The number of oxazole rings is 1. The van der Waals surface area contributed by atoms with Gasteiger partial charge in [0.1, 0.15) is 11.2 Å². The zero-order valence-corrected chi connectivity index (χ0v) is 13.4. The average Bonchev–Trinajstić information content (AvgIpc) is 2.60. The van der Waals surface area contributed by atoms with Gasteiger partial charge < -0.3 is 4.42 Å². The Balaban J connectivity index is 2.45. The Labute approximate surface area is 128 Å². The lowest BCUT2D eigenvalue weighted by Gasteiger charge is -2.08. The number of halogens is 3. The Morgan fingerprint density at radius 3 is 2.37 bits per heavy atom. The molecule has 1 N–H and O–H groups in total. The fourth-order valence-corrected chi connectivity index (χ4v) is 4.23. The van der Waals surface area contributed by atoms with Crippen molar-refractivity contribution in [1.29, 1.82) is 0 Å². The van der Waals surface area contributed by atoms with Crippen LogP contribution in [0.4, 0.5) is 6.01 Å². The van der Waals surface area contributed by atoms with Gasteiger partial charge in [0.2, 0.25) is 0 Å². The third-order valence-corrected chi connectivity index (χ3v) is 4.77. The Morgan fingerprint density at radius 1 is 1.32 bits per heavy atom. The minimum Gasteiger partial charge on any atom is -0.431 e. The van der Waals surface area contributed by atoms with Crippen molar-refractivity contribution in [3.63, 3.8) is 0 Å². The number of sulfonamides is 1. The maximum Gasteiger partial charge on any atom is 0.309 e. The van der Waals surface area contributed by atoms with Gasteiger partial charge in [-0.05, 0) is 19.1 Å². The third-order valence-electron chi connectivity index (χ3n) is 2.07. The van der Waals surface area contributed by atoms with E-state index in [0.29, 0.717) is 10.2 Å². The number of aromatic nitrogens is 1. The molecule has 0 aliphatic rings. The predicted molar refractivity (Wildman–Crippen MR) is 76.2 cm³/mol. The van der Waals surface area contributed by atoms with Crippen molar-refractivity contribution in [3.05, 3.63) is 38.6 Å². The van der Waals surface area contributed by atoms with Gasteiger partial charge in [0.15, 0.2) is 0 Å². The van der Waals surface area contributed by atoms with E-state index in [1.165, 1.54) is 18.4 Å². The Bertz CT molecular complexity index is 707. The molecular weight excluding hydrogens is 379 g/mol. The summed E-state index contributed by atoms with van der Waals surface area (Å²) >= 11 is 15.0. The summed E-state index contributed by atoms with van der Waals surface area (Å²) in [6, 6.07) is 2.72. The molecule has 0 unspecified atom stereocenters. The van der Waals surface area contributed by atoms with Crippen LogP contribution in [0.15, 0.2) is 32.2 Å². The summed E-state index contributed by atoms with van der Waals surface area (Å²) in [5.41, 5.74) is 0.547. The molecule has 2 rings (SSSR count). The smallest absolute Gasteiger partial charge is 0.309 e. The van der Waals surface area contributed by atoms with Crippen LogP contribution in [0.3, 0.4) is 0 Å². The lowest BCUT2D eigenvalue weighted by molar-refractivity contribution is 0.569. The van der Waals surface area contributed by atoms with E-state index >= 15 is 0 Å². The van der Waals surface area contributed by atoms with E-state index in [1.54, 1.807) is 6.92 Å². The van der Waals surface area contributed by atoms with Gasteiger partial charge in [0.25, 0.3) is 10.0 Å². The van der Waals surface area contributed by atoms with Gasteiger partial charge >= 0.3 is 6.01 Å². The van der Waals surface area contributed by atoms with E-state index in [1.807, 2.05) is 0 Å². The highest BCUT2D eigenvalue weighted by Gasteiger charge is 2.24. The molecule has 0 aliphatic carbocycles. The summed E-state index contributed by atoms with van der Waals surface area (Å²) in [6.45, 7) is 1.67. The molecule has 0 saturated heterocycles. The first-order chi connectivity index (χ1) is 8.79. The van der Waals surface area contributed by atoms with Gasteiger partial charge in [-0.1, -0.05) is 39.1 Å². The maximum atomic E-state index is 12.2. The zero-order chi connectivity index (χ0) is 14.2. The second kappa shape index (κ2) is 5.32. The molecule has 102 valence electrons. The first kappa shape index (κ1) is 14.6. The fourth-order valence-electron chi connectivity index (χ4n) is 1.35. The van der Waals surface area contributed by atoms with Gasteiger partial charge in [-0.2, -0.15) is 4.98 Å². The largest absolute Gasteiger partial charge is 0.431 e. The number of hydrogen-bond donors (Lipinski definition) is 1. The quantitative estimate of drug-likeness (QED) is 0.870. The van der Waals surface area contributed by atoms with Crippen molar-refractivity contribution in [2.75, 3.05) is 4.72 Å². The molecule has 0 spiro atoms. The highest BCUT2D eigenvalue weighted by molar-refractivity contribution is 9.10. The Kier molecular flexibility index (Phi) is 4.10. The van der Waals surface area contributed by atoms with Gasteiger partial charge in [-0.25, -0.2) is 13.1 Å². The lowest BCUT2D eigenvalue weighted by atomic mass is 10.4. The predicted octanol–water partition coefficient (Wildman–Crippen LogP) is 3.85. The third kappa shape index (κ3) is 3.22. The monoisotopic (exact) mass is 384 g/mol. The molecule has 0 atom stereocenters. The van der Waals surface area contributed by atoms with E-state index in [-0.39, 0.29) is 21.0 Å². The van der Waals surface area contributed by atoms with Gasteiger partial charge in [0, 0.05) is 4.47 Å². The molecule has 1 aromatic carbocycles. The molecule has 9 heteroatoms. The first-order valence-electron chi connectivity index (χ1n) is 4.89. The molecule has 0 aliphatic heterocycles. The van der Waals surface area contributed by atoms with Crippen LogP contribution in [0.1, 0.15) is 5.69 Å².